The number of carbonyl (C=O) groups excluding carboxylic acids is 1. The van der Waals surface area contributed by atoms with Crippen molar-refractivity contribution < 1.29 is 28.2 Å². The van der Waals surface area contributed by atoms with Gasteiger partial charge in [0.2, 0.25) is 0 Å². The number of alkyl carbamates (subject to hydrolysis) is 1. The summed E-state index contributed by atoms with van der Waals surface area (Å²) >= 11 is 0. The number of alkyl halides is 2. The van der Waals surface area contributed by atoms with Crippen molar-refractivity contribution in [1.82, 2.24) is 5.32 Å². The third kappa shape index (κ3) is 2.93. The van der Waals surface area contributed by atoms with E-state index in [4.69, 9.17) is 5.11 Å². The maximum absolute atomic E-state index is 13.6. The zero-order valence-corrected chi connectivity index (χ0v) is 10.2. The molecule has 1 aliphatic heterocycles. The molecule has 19 heavy (non-hydrogen) atoms. The van der Waals surface area contributed by atoms with E-state index < -0.39 is 30.6 Å². The molecule has 0 unspecified atom stereocenters. The minimum absolute atomic E-state index is 0. The number of halogens is 3. The summed E-state index contributed by atoms with van der Waals surface area (Å²) in [6, 6.07) is 3.60. The largest absolute Gasteiger partial charge is 0.478 e. The molecule has 2 N–H and O–H groups in total. The van der Waals surface area contributed by atoms with Gasteiger partial charge in [0.05, 0.1) is 5.56 Å². The summed E-state index contributed by atoms with van der Waals surface area (Å²) in [5, 5.41) is 10.9. The van der Waals surface area contributed by atoms with Gasteiger partial charge >= 0.3 is 18.0 Å². The Morgan fingerprint density at radius 3 is 2.68 bits per heavy atom. The first-order valence-electron chi connectivity index (χ1n) is 5.05. The molecule has 2 rings (SSSR count). The van der Waals surface area contributed by atoms with E-state index in [0.29, 0.717) is 0 Å². The summed E-state index contributed by atoms with van der Waals surface area (Å²) < 4.78 is 31.5. The molecule has 5 nitrogen and oxygen atoms in total. The van der Waals surface area contributed by atoms with Gasteiger partial charge in [0.25, 0.3) is 0 Å². The average Bonchev–Trinajstić information content (AvgIpc) is 2.32. The molecule has 1 amide bonds. The summed E-state index contributed by atoms with van der Waals surface area (Å²) in [6.07, 6.45) is -0.994. The highest BCUT2D eigenvalue weighted by Gasteiger charge is 2.47. The van der Waals surface area contributed by atoms with Crippen LogP contribution in [0.5, 0.6) is 0 Å². The van der Waals surface area contributed by atoms with Crippen molar-refractivity contribution in [3.8, 4) is 0 Å². The minimum Gasteiger partial charge on any atom is -0.478 e. The monoisotopic (exact) mass is 293 g/mol. The highest BCUT2D eigenvalue weighted by atomic mass is 35.5. The second-order valence-corrected chi connectivity index (χ2v) is 3.81. The van der Waals surface area contributed by atoms with Gasteiger partial charge in [0, 0.05) is 0 Å². The maximum Gasteiger partial charge on any atom is 0.408 e. The molecule has 1 aromatic rings. The molecule has 104 valence electrons. The molecule has 1 heterocycles. The van der Waals surface area contributed by atoms with E-state index in [9.17, 15) is 18.4 Å². The molecule has 1 aromatic carbocycles. The number of rotatable bonds is 2. The number of aromatic carboxylic acids is 1. The molecule has 1 saturated heterocycles. The third-order valence-electron chi connectivity index (χ3n) is 2.58. The Bertz CT molecular complexity index is 509. The van der Waals surface area contributed by atoms with Crippen molar-refractivity contribution >= 4 is 24.5 Å². The van der Waals surface area contributed by atoms with E-state index in [-0.39, 0.29) is 23.5 Å². The summed E-state index contributed by atoms with van der Waals surface area (Å²) in [7, 11) is 0. The number of hydrogen-bond donors (Lipinski definition) is 2. The number of benzene rings is 1. The number of carbonyl (C=O) groups is 2. The van der Waals surface area contributed by atoms with E-state index in [1.54, 1.807) is 0 Å². The van der Waals surface area contributed by atoms with Crippen LogP contribution < -0.4 is 5.32 Å². The SMILES string of the molecule is Cl.O=C1N[C@@H](c2ccccc2C(=O)O)C(F)(F)CO1. The predicted octanol–water partition coefficient (Wildman–Crippen LogP) is 2.22. The van der Waals surface area contributed by atoms with Gasteiger partial charge in [-0.1, -0.05) is 18.2 Å². The summed E-state index contributed by atoms with van der Waals surface area (Å²) in [4.78, 5) is 22.0. The topological polar surface area (TPSA) is 75.6 Å². The van der Waals surface area contributed by atoms with Crippen molar-refractivity contribution in [3.63, 3.8) is 0 Å². The normalized spacial score (nSPS) is 20.7. The smallest absolute Gasteiger partial charge is 0.408 e. The van der Waals surface area contributed by atoms with Crippen molar-refractivity contribution in [3.05, 3.63) is 35.4 Å². The van der Waals surface area contributed by atoms with Gasteiger partial charge in [-0.05, 0) is 11.6 Å². The van der Waals surface area contributed by atoms with Crippen LogP contribution in [0.1, 0.15) is 22.0 Å². The third-order valence-corrected chi connectivity index (χ3v) is 2.58. The number of hydrogen-bond acceptors (Lipinski definition) is 3. The Balaban J connectivity index is 0.00000180. The molecule has 0 radical (unpaired) electrons. The van der Waals surface area contributed by atoms with Gasteiger partial charge in [-0.25, -0.2) is 18.4 Å². The molecule has 0 bridgehead atoms. The lowest BCUT2D eigenvalue weighted by molar-refractivity contribution is -0.104. The van der Waals surface area contributed by atoms with E-state index in [0.717, 1.165) is 0 Å². The maximum atomic E-state index is 13.6. The number of nitrogens with one attached hydrogen (secondary N) is 1. The molecule has 0 saturated carbocycles. The Hall–Kier alpha value is -1.89. The molecular formula is C11H10ClF2NO4. The quantitative estimate of drug-likeness (QED) is 0.876. The zero-order valence-electron chi connectivity index (χ0n) is 9.43. The van der Waals surface area contributed by atoms with Gasteiger partial charge in [-0.2, -0.15) is 0 Å². The van der Waals surface area contributed by atoms with Gasteiger partial charge < -0.3 is 15.2 Å². The van der Waals surface area contributed by atoms with Crippen LogP contribution in [0.25, 0.3) is 0 Å². The average molecular weight is 294 g/mol. The van der Waals surface area contributed by atoms with E-state index in [2.05, 4.69) is 4.74 Å². The van der Waals surface area contributed by atoms with Crippen LogP contribution in [-0.4, -0.2) is 29.7 Å². The zero-order chi connectivity index (χ0) is 13.3. The Kier molecular flexibility index (Phi) is 4.31. The van der Waals surface area contributed by atoms with Crippen LogP contribution in [0.4, 0.5) is 13.6 Å². The Labute approximate surface area is 113 Å². The van der Waals surface area contributed by atoms with E-state index in [1.165, 1.54) is 24.3 Å². The van der Waals surface area contributed by atoms with Gasteiger partial charge in [-0.15, -0.1) is 12.4 Å². The van der Waals surface area contributed by atoms with Crippen LogP contribution in [0.15, 0.2) is 24.3 Å². The Morgan fingerprint density at radius 2 is 2.05 bits per heavy atom. The van der Waals surface area contributed by atoms with Crippen LogP contribution in [0.2, 0.25) is 0 Å². The number of ether oxygens (including phenoxy) is 1. The second kappa shape index (κ2) is 5.40. The molecule has 1 atom stereocenters. The number of carboxylic acid groups (broad SMARTS) is 1. The highest BCUT2D eigenvalue weighted by Crippen LogP contribution is 2.35. The first kappa shape index (κ1) is 15.2. The first-order valence-corrected chi connectivity index (χ1v) is 5.05. The van der Waals surface area contributed by atoms with Crippen LogP contribution in [0.3, 0.4) is 0 Å². The van der Waals surface area contributed by atoms with Crippen molar-refractivity contribution in [2.24, 2.45) is 0 Å². The first-order chi connectivity index (χ1) is 8.42. The van der Waals surface area contributed by atoms with Crippen LogP contribution in [0, 0.1) is 0 Å². The molecular weight excluding hydrogens is 284 g/mol. The van der Waals surface area contributed by atoms with Crippen molar-refractivity contribution in [2.45, 2.75) is 12.0 Å². The van der Waals surface area contributed by atoms with Gasteiger partial charge in [0.1, 0.15) is 6.04 Å². The standard InChI is InChI=1S/C11H9F2NO4.ClH/c12-11(13)5-18-10(17)14-8(11)6-3-1-2-4-7(6)9(15)16;/h1-4,8H,5H2,(H,14,17)(H,15,16);1H/t8-;/m0./s1. The fourth-order valence-corrected chi connectivity index (χ4v) is 1.76. The van der Waals surface area contributed by atoms with Crippen molar-refractivity contribution in [1.29, 1.82) is 0 Å². The molecule has 0 spiro atoms. The summed E-state index contributed by atoms with van der Waals surface area (Å²) in [5.41, 5.74) is -0.420. The number of cyclic esters (lactones) is 1. The molecule has 0 aromatic heterocycles. The van der Waals surface area contributed by atoms with Gasteiger partial charge in [0.15, 0.2) is 6.61 Å². The van der Waals surface area contributed by atoms with Crippen LogP contribution >= 0.6 is 12.4 Å². The molecule has 1 aliphatic rings. The predicted molar refractivity (Wildman–Crippen MR) is 62.8 cm³/mol. The molecule has 1 fully saturated rings. The minimum atomic E-state index is -3.36. The molecule has 8 heteroatoms. The molecule has 0 aliphatic carbocycles. The number of carboxylic acids is 1. The summed E-state index contributed by atoms with van der Waals surface area (Å²) in [6.45, 7) is -1.07. The van der Waals surface area contributed by atoms with Gasteiger partial charge in [-0.3, -0.25) is 0 Å². The lowest BCUT2D eigenvalue weighted by Gasteiger charge is -2.32. The fraction of sp³-hybridized carbons (Fsp3) is 0.273. The number of amides is 1. The second-order valence-electron chi connectivity index (χ2n) is 3.81. The van der Waals surface area contributed by atoms with Crippen LogP contribution in [-0.2, 0) is 4.74 Å². The fourth-order valence-electron chi connectivity index (χ4n) is 1.76. The van der Waals surface area contributed by atoms with E-state index >= 15 is 0 Å². The lowest BCUT2D eigenvalue weighted by Crippen LogP contribution is -2.50. The van der Waals surface area contributed by atoms with E-state index in [1.807, 2.05) is 5.32 Å². The highest BCUT2D eigenvalue weighted by molar-refractivity contribution is 5.90. The van der Waals surface area contributed by atoms with Crippen molar-refractivity contribution in [2.75, 3.05) is 6.61 Å². The summed E-state index contributed by atoms with van der Waals surface area (Å²) in [5.74, 6) is -4.69. The Morgan fingerprint density at radius 1 is 1.42 bits per heavy atom. The lowest BCUT2D eigenvalue weighted by atomic mass is 9.95.